The molecule has 1 N–H and O–H groups in total. The third-order valence-electron chi connectivity index (χ3n) is 13.0. The van der Waals surface area contributed by atoms with Crippen molar-refractivity contribution >= 4 is 40.3 Å². The normalized spacial score (nSPS) is 35.2. The van der Waals surface area contributed by atoms with Crippen molar-refractivity contribution in [1.82, 2.24) is 0 Å². The molecule has 13 heteroatoms. The van der Waals surface area contributed by atoms with Crippen molar-refractivity contribution in [1.29, 1.82) is 0 Å². The van der Waals surface area contributed by atoms with Crippen LogP contribution in [0.5, 0.6) is 0 Å². The predicted molar refractivity (Wildman–Crippen MR) is 203 cm³/mol. The zero-order valence-electron chi connectivity index (χ0n) is 33.6. The molecule has 0 spiro atoms. The number of hydrogen-bond donors (Lipinski definition) is 1. The van der Waals surface area contributed by atoms with Crippen molar-refractivity contribution in [2.45, 2.75) is 155 Å². The highest BCUT2D eigenvalue weighted by atomic mass is 28.4. The highest BCUT2D eigenvalue weighted by Gasteiger charge is 2.79. The molecular formula is C40H60O11Si2. The molecule has 2 saturated carbocycles. The van der Waals surface area contributed by atoms with E-state index in [1.165, 1.54) is 13.8 Å². The molecule has 294 valence electrons. The molecule has 1 aromatic rings. The van der Waals surface area contributed by atoms with E-state index in [-0.39, 0.29) is 30.6 Å². The van der Waals surface area contributed by atoms with Gasteiger partial charge in [0.1, 0.15) is 17.8 Å². The summed E-state index contributed by atoms with van der Waals surface area (Å²) in [6.07, 6.45) is -4.93. The maximum atomic E-state index is 15.6. The van der Waals surface area contributed by atoms with Crippen LogP contribution in [0.25, 0.3) is 0 Å². The van der Waals surface area contributed by atoms with Gasteiger partial charge in [-0.25, -0.2) is 4.79 Å². The van der Waals surface area contributed by atoms with E-state index in [0.29, 0.717) is 5.57 Å². The van der Waals surface area contributed by atoms with E-state index in [1.54, 1.807) is 44.2 Å². The second-order valence-corrected chi connectivity index (χ2v) is 26.5. The van der Waals surface area contributed by atoms with E-state index in [0.717, 1.165) is 18.1 Å². The SMILES string of the molecule is CC[Si](CC)(CC)O[C@H]1C[C@H]2OC[C@@]2(OC(C)=O)C2[C@H](OC(=O)c3ccccc3)[C@]3(O)C[C@H](O[Si](C)(C)C)C(C)=C(C(=O)[C@@H](OC(C)=O)[C@@]21C)C3(C)C. The first kappa shape index (κ1) is 41.5. The van der Waals surface area contributed by atoms with Gasteiger partial charge in [0.2, 0.25) is 5.78 Å². The quantitative estimate of drug-likeness (QED) is 0.149. The maximum Gasteiger partial charge on any atom is 0.338 e. The molecule has 4 aliphatic rings. The first-order chi connectivity index (χ1) is 24.6. The number of fused-ring (bicyclic) bond motifs is 5. The van der Waals surface area contributed by atoms with Gasteiger partial charge in [-0.05, 0) is 62.4 Å². The smallest absolute Gasteiger partial charge is 0.338 e. The van der Waals surface area contributed by atoms with Crippen LogP contribution in [0.15, 0.2) is 41.5 Å². The molecule has 0 aromatic heterocycles. The van der Waals surface area contributed by atoms with E-state index in [4.69, 9.17) is 27.8 Å². The number of hydrogen-bond acceptors (Lipinski definition) is 11. The summed E-state index contributed by atoms with van der Waals surface area (Å²) in [5.41, 5.74) is -5.18. The Kier molecular flexibility index (Phi) is 11.3. The standard InChI is InChI=1S/C40H60O11Si2/c1-13-53(14-2,15-3)51-29-21-30-39(23-46-30,49-26(6)42)33-35(48-36(44)27-19-17-16-18-20-27)40(45)22-28(50-52(10,11)12)24(4)31(37(40,7)8)32(43)34(38(29,33)9)47-25(5)41/h16-20,28-30,33-35,45H,13-15,21-23H2,1-12H3/t28-,29-,30+,33?,34+,35-,38+,39-,40+/m0/s1. The average Bonchev–Trinajstić information content (AvgIpc) is 3.07. The fourth-order valence-electron chi connectivity index (χ4n) is 9.97. The number of esters is 3. The molecule has 0 radical (unpaired) electrons. The fraction of sp³-hybridized carbons (Fsp3) is 0.700. The minimum atomic E-state index is -2.48. The van der Waals surface area contributed by atoms with Crippen LogP contribution in [0, 0.1) is 16.7 Å². The summed E-state index contributed by atoms with van der Waals surface area (Å²) >= 11 is 0. The lowest BCUT2D eigenvalue weighted by atomic mass is 9.44. The van der Waals surface area contributed by atoms with Gasteiger partial charge in [0.25, 0.3) is 0 Å². The minimum absolute atomic E-state index is 0.0187. The molecule has 5 rings (SSSR count). The van der Waals surface area contributed by atoms with Crippen LogP contribution in [0.4, 0.5) is 0 Å². The molecule has 11 nitrogen and oxygen atoms in total. The number of carbonyl (C=O) groups excluding carboxylic acids is 4. The zero-order valence-corrected chi connectivity index (χ0v) is 35.6. The third kappa shape index (κ3) is 6.81. The molecule has 1 unspecified atom stereocenters. The van der Waals surface area contributed by atoms with Gasteiger partial charge in [-0.3, -0.25) is 14.4 Å². The van der Waals surface area contributed by atoms with Crippen molar-refractivity contribution in [2.75, 3.05) is 6.61 Å². The number of carbonyl (C=O) groups is 4. The molecule has 1 saturated heterocycles. The summed E-state index contributed by atoms with van der Waals surface area (Å²) in [6.45, 7) is 22.0. The summed E-state index contributed by atoms with van der Waals surface area (Å²) in [6, 6.07) is 10.8. The van der Waals surface area contributed by atoms with Gasteiger partial charge >= 0.3 is 17.9 Å². The predicted octanol–water partition coefficient (Wildman–Crippen LogP) is 6.54. The number of ether oxygens (including phenoxy) is 4. The van der Waals surface area contributed by atoms with Crippen molar-refractivity contribution in [3.8, 4) is 0 Å². The summed E-state index contributed by atoms with van der Waals surface area (Å²) in [7, 11) is -4.80. The number of benzene rings is 1. The molecule has 3 aliphatic carbocycles. The fourth-order valence-corrected chi connectivity index (χ4v) is 14.0. The number of Topliss-reactive ketones (excluding diaryl/α,β-unsaturated/α-hetero) is 1. The van der Waals surface area contributed by atoms with Gasteiger partial charge in [-0.1, -0.05) is 59.7 Å². The Morgan fingerprint density at radius 3 is 2.02 bits per heavy atom. The second-order valence-electron chi connectivity index (χ2n) is 17.4. The maximum absolute atomic E-state index is 15.6. The van der Waals surface area contributed by atoms with Gasteiger partial charge in [-0.2, -0.15) is 0 Å². The molecule has 1 heterocycles. The summed E-state index contributed by atoms with van der Waals surface area (Å²) in [4.78, 5) is 56.4. The van der Waals surface area contributed by atoms with Gasteiger partial charge in [0.05, 0.1) is 30.3 Å². The van der Waals surface area contributed by atoms with Crippen LogP contribution >= 0.6 is 0 Å². The Bertz CT molecular complexity index is 1620. The zero-order chi connectivity index (χ0) is 39.5. The minimum Gasteiger partial charge on any atom is -0.455 e. The summed E-state index contributed by atoms with van der Waals surface area (Å²) < 4.78 is 39.6. The monoisotopic (exact) mass is 772 g/mol. The topological polar surface area (TPSA) is 144 Å². The van der Waals surface area contributed by atoms with Crippen LogP contribution in [0.1, 0.15) is 85.5 Å². The van der Waals surface area contributed by atoms with Crippen LogP contribution in [-0.2, 0) is 42.2 Å². The van der Waals surface area contributed by atoms with Gasteiger partial charge in [-0.15, -0.1) is 0 Å². The van der Waals surface area contributed by atoms with E-state index in [2.05, 4.69) is 20.8 Å². The van der Waals surface area contributed by atoms with E-state index in [9.17, 15) is 19.5 Å². The molecular weight excluding hydrogens is 713 g/mol. The Morgan fingerprint density at radius 2 is 1.53 bits per heavy atom. The summed E-state index contributed by atoms with van der Waals surface area (Å²) in [5.74, 6) is -3.61. The molecule has 9 atom stereocenters. The van der Waals surface area contributed by atoms with Crippen molar-refractivity contribution in [2.24, 2.45) is 16.7 Å². The lowest BCUT2D eigenvalue weighted by molar-refractivity contribution is -0.356. The number of ketones is 1. The lowest BCUT2D eigenvalue weighted by Crippen LogP contribution is -2.82. The highest BCUT2D eigenvalue weighted by molar-refractivity contribution is 6.73. The van der Waals surface area contributed by atoms with Gasteiger partial charge in [0.15, 0.2) is 28.3 Å². The summed E-state index contributed by atoms with van der Waals surface area (Å²) in [5, 5.41) is 13.7. The van der Waals surface area contributed by atoms with E-state index >= 15 is 4.79 Å². The lowest BCUT2D eigenvalue weighted by Gasteiger charge is -2.69. The van der Waals surface area contributed by atoms with Crippen molar-refractivity contribution < 1.29 is 52.1 Å². The number of rotatable bonds is 11. The Morgan fingerprint density at radius 1 is 0.925 bits per heavy atom. The van der Waals surface area contributed by atoms with Crippen LogP contribution in [-0.4, -0.2) is 93.8 Å². The molecule has 1 aromatic carbocycles. The molecule has 1 aliphatic heterocycles. The van der Waals surface area contributed by atoms with Crippen molar-refractivity contribution in [3.63, 3.8) is 0 Å². The van der Waals surface area contributed by atoms with Crippen LogP contribution in [0.3, 0.4) is 0 Å². The molecule has 2 bridgehead atoms. The second kappa shape index (κ2) is 14.4. The molecule has 3 fully saturated rings. The average molecular weight is 773 g/mol. The Labute approximate surface area is 316 Å². The van der Waals surface area contributed by atoms with Crippen LogP contribution in [0.2, 0.25) is 37.8 Å². The highest BCUT2D eigenvalue weighted by Crippen LogP contribution is 2.65. The van der Waals surface area contributed by atoms with Crippen molar-refractivity contribution in [3.05, 3.63) is 47.0 Å². The van der Waals surface area contributed by atoms with Crippen LogP contribution < -0.4 is 0 Å². The largest absolute Gasteiger partial charge is 0.455 e. The van der Waals surface area contributed by atoms with E-state index < -0.39 is 98.8 Å². The first-order valence-electron chi connectivity index (χ1n) is 19.1. The molecule has 0 amide bonds. The van der Waals surface area contributed by atoms with Gasteiger partial charge in [0, 0.05) is 43.1 Å². The molecule has 53 heavy (non-hydrogen) atoms. The Hall–Kier alpha value is -2.69. The van der Waals surface area contributed by atoms with E-state index in [1.807, 2.05) is 33.5 Å². The Balaban J connectivity index is 1.92. The third-order valence-corrected chi connectivity index (χ3v) is 18.6. The number of aliphatic hydroxyl groups is 1. The first-order valence-corrected chi connectivity index (χ1v) is 25.1. The van der Waals surface area contributed by atoms with Gasteiger partial charge < -0.3 is 32.9 Å².